The van der Waals surface area contributed by atoms with Crippen LogP contribution in [0.25, 0.3) is 0 Å². The van der Waals surface area contributed by atoms with Crippen LogP contribution in [0, 0.1) is 18.7 Å². The fourth-order valence-electron chi connectivity index (χ4n) is 4.71. The van der Waals surface area contributed by atoms with Gasteiger partial charge in [-0.15, -0.1) is 0 Å². The topological polar surface area (TPSA) is 41.4 Å². The minimum Gasteiger partial charge on any atom is -0.336 e. The minimum atomic E-state index is -0.327. The first-order valence-electron chi connectivity index (χ1n) is 10.9. The molecule has 1 saturated heterocycles. The van der Waals surface area contributed by atoms with Gasteiger partial charge in [-0.2, -0.15) is 5.10 Å². The average Bonchev–Trinajstić information content (AvgIpc) is 3.05. The van der Waals surface area contributed by atoms with Gasteiger partial charge in [-0.1, -0.05) is 24.6 Å². The Hall–Kier alpha value is -1.92. The first-order chi connectivity index (χ1) is 14.4. The van der Waals surface area contributed by atoms with Crippen LogP contribution in [0.4, 0.5) is 4.39 Å². The lowest BCUT2D eigenvalue weighted by molar-refractivity contribution is -0.133. The number of carbonyl (C=O) groups excluding carboxylic acids is 1. The molecule has 0 radical (unpaired) electrons. The fourth-order valence-corrected chi connectivity index (χ4v) is 4.87. The molecule has 2 aliphatic rings. The molecule has 7 heteroatoms. The van der Waals surface area contributed by atoms with Crippen LogP contribution in [0.5, 0.6) is 0 Å². The summed E-state index contributed by atoms with van der Waals surface area (Å²) >= 11 is 5.88. The molecular weight excluding hydrogens is 403 g/mol. The van der Waals surface area contributed by atoms with E-state index in [1.54, 1.807) is 12.1 Å². The highest BCUT2D eigenvalue weighted by atomic mass is 35.5. The number of hydrogen-bond donors (Lipinski definition) is 0. The van der Waals surface area contributed by atoms with Crippen molar-refractivity contribution in [3.63, 3.8) is 0 Å². The molecule has 1 fully saturated rings. The molecule has 1 aromatic heterocycles. The lowest BCUT2D eigenvalue weighted by Crippen LogP contribution is -2.39. The van der Waals surface area contributed by atoms with E-state index in [0.717, 1.165) is 56.8 Å². The van der Waals surface area contributed by atoms with E-state index in [1.165, 1.54) is 11.6 Å². The predicted molar refractivity (Wildman–Crippen MR) is 116 cm³/mol. The van der Waals surface area contributed by atoms with Gasteiger partial charge in [0.1, 0.15) is 5.82 Å². The highest BCUT2D eigenvalue weighted by Gasteiger charge is 2.29. The number of aryl methyl sites for hydroxylation is 1. The van der Waals surface area contributed by atoms with E-state index in [-0.39, 0.29) is 11.7 Å². The quantitative estimate of drug-likeness (QED) is 0.716. The van der Waals surface area contributed by atoms with Crippen LogP contribution in [-0.4, -0.2) is 51.7 Å². The van der Waals surface area contributed by atoms with Crippen molar-refractivity contribution in [2.24, 2.45) is 5.92 Å². The molecule has 0 N–H and O–H groups in total. The molecule has 30 heavy (non-hydrogen) atoms. The number of aromatic nitrogens is 2. The van der Waals surface area contributed by atoms with Crippen LogP contribution in [0.1, 0.15) is 48.7 Å². The predicted octanol–water partition coefficient (Wildman–Crippen LogP) is 4.04. The molecule has 0 bridgehead atoms. The third kappa shape index (κ3) is 4.54. The Kier molecular flexibility index (Phi) is 6.44. The summed E-state index contributed by atoms with van der Waals surface area (Å²) in [5.74, 6) is 0.391. The number of piperidine rings is 1. The Balaban J connectivity index is 1.44. The summed E-state index contributed by atoms with van der Waals surface area (Å²) in [5, 5.41) is 5.04. The monoisotopic (exact) mass is 432 g/mol. The summed E-state index contributed by atoms with van der Waals surface area (Å²) in [7, 11) is 0. The lowest BCUT2D eigenvalue weighted by atomic mass is 9.92. The van der Waals surface area contributed by atoms with E-state index >= 15 is 0 Å². The molecule has 4 rings (SSSR count). The maximum atomic E-state index is 14.3. The van der Waals surface area contributed by atoms with Gasteiger partial charge in [0.05, 0.1) is 24.5 Å². The fraction of sp³-hybridized carbons (Fsp3) is 0.565. The van der Waals surface area contributed by atoms with E-state index in [0.29, 0.717) is 36.0 Å². The van der Waals surface area contributed by atoms with Crippen LogP contribution in [-0.2, 0) is 24.3 Å². The molecular formula is C23H30ClFN4O. The normalized spacial score (nSPS) is 17.9. The largest absolute Gasteiger partial charge is 0.336 e. The van der Waals surface area contributed by atoms with Gasteiger partial charge in [-0.25, -0.2) is 4.39 Å². The first-order valence-corrected chi connectivity index (χ1v) is 11.3. The third-order valence-corrected chi connectivity index (χ3v) is 6.88. The van der Waals surface area contributed by atoms with Gasteiger partial charge in [0.25, 0.3) is 0 Å². The van der Waals surface area contributed by atoms with Gasteiger partial charge in [-0.05, 0) is 69.4 Å². The van der Waals surface area contributed by atoms with Crippen molar-refractivity contribution >= 4 is 17.5 Å². The number of halogens is 2. The van der Waals surface area contributed by atoms with Crippen molar-refractivity contribution in [1.82, 2.24) is 19.6 Å². The second-order valence-corrected chi connectivity index (χ2v) is 8.99. The Morgan fingerprint density at radius 2 is 2.03 bits per heavy atom. The summed E-state index contributed by atoms with van der Waals surface area (Å²) in [6, 6.07) is 4.73. The van der Waals surface area contributed by atoms with E-state index in [2.05, 4.69) is 16.9 Å². The molecule has 0 atom stereocenters. The van der Waals surface area contributed by atoms with Gasteiger partial charge in [0.2, 0.25) is 5.91 Å². The van der Waals surface area contributed by atoms with E-state index in [9.17, 15) is 9.18 Å². The third-order valence-electron chi connectivity index (χ3n) is 6.65. The number of carbonyl (C=O) groups is 1. The van der Waals surface area contributed by atoms with Crippen molar-refractivity contribution in [3.8, 4) is 0 Å². The molecule has 1 amide bonds. The van der Waals surface area contributed by atoms with Crippen molar-refractivity contribution in [2.45, 2.75) is 52.6 Å². The first kappa shape index (κ1) is 21.3. The number of amides is 1. The number of fused-ring (bicyclic) bond motifs is 1. The second-order valence-electron chi connectivity index (χ2n) is 8.55. The van der Waals surface area contributed by atoms with E-state index in [1.807, 2.05) is 16.5 Å². The van der Waals surface area contributed by atoms with Crippen molar-refractivity contribution in [2.75, 3.05) is 26.2 Å². The smallest absolute Gasteiger partial charge is 0.223 e. The Morgan fingerprint density at radius 1 is 1.27 bits per heavy atom. The van der Waals surface area contributed by atoms with Gasteiger partial charge < -0.3 is 9.80 Å². The van der Waals surface area contributed by atoms with Gasteiger partial charge in [0, 0.05) is 23.6 Å². The maximum Gasteiger partial charge on any atom is 0.223 e. The zero-order valence-corrected chi connectivity index (χ0v) is 18.6. The number of nitrogens with zero attached hydrogens (tertiary/aromatic N) is 4. The summed E-state index contributed by atoms with van der Waals surface area (Å²) < 4.78 is 16.2. The summed E-state index contributed by atoms with van der Waals surface area (Å²) in [4.78, 5) is 17.4. The van der Waals surface area contributed by atoms with Crippen LogP contribution >= 0.6 is 11.6 Å². The molecule has 0 spiro atoms. The van der Waals surface area contributed by atoms with Gasteiger partial charge in [0.15, 0.2) is 0 Å². The number of rotatable bonds is 5. The van der Waals surface area contributed by atoms with Gasteiger partial charge >= 0.3 is 0 Å². The Bertz CT molecular complexity index is 920. The average molecular weight is 433 g/mol. The van der Waals surface area contributed by atoms with Gasteiger partial charge in [-0.3, -0.25) is 9.48 Å². The molecule has 0 aliphatic carbocycles. The van der Waals surface area contributed by atoms with Crippen LogP contribution in [0.2, 0.25) is 5.02 Å². The number of likely N-dealkylation sites (tertiary alicyclic amines) is 1. The number of benzene rings is 1. The zero-order valence-electron chi connectivity index (χ0n) is 17.8. The molecule has 1 aromatic carbocycles. The maximum absolute atomic E-state index is 14.3. The summed E-state index contributed by atoms with van der Waals surface area (Å²) in [6.07, 6.45) is 3.65. The molecule has 5 nitrogen and oxygen atoms in total. The van der Waals surface area contributed by atoms with Crippen LogP contribution in [0.3, 0.4) is 0 Å². The Labute approximate surface area is 182 Å². The van der Waals surface area contributed by atoms with Crippen molar-refractivity contribution < 1.29 is 9.18 Å². The number of hydrogen-bond acceptors (Lipinski definition) is 3. The molecule has 2 aromatic rings. The minimum absolute atomic E-state index is 0.235. The second kappa shape index (κ2) is 9.06. The summed E-state index contributed by atoms with van der Waals surface area (Å²) in [6.45, 7) is 9.10. The molecule has 0 saturated carbocycles. The zero-order chi connectivity index (χ0) is 21.3. The Morgan fingerprint density at radius 3 is 2.73 bits per heavy atom. The molecule has 162 valence electrons. The highest BCUT2D eigenvalue weighted by Crippen LogP contribution is 2.27. The SMILES string of the molecule is CCN1CCC(CC(=O)N2CCc3c(C)nn(Cc4ccc(Cl)cc4F)c3C2)CC1. The standard InChI is InChI=1S/C23H30ClFN4O/c1-3-27-9-6-17(7-10-27)12-23(30)28-11-8-20-16(2)26-29(22(20)15-28)14-18-4-5-19(24)13-21(18)25/h4-5,13,17H,3,6-12,14-15H2,1-2H3. The highest BCUT2D eigenvalue weighted by molar-refractivity contribution is 6.30. The lowest BCUT2D eigenvalue weighted by Gasteiger charge is -2.33. The molecule has 0 unspecified atom stereocenters. The van der Waals surface area contributed by atoms with Crippen LogP contribution in [0.15, 0.2) is 18.2 Å². The van der Waals surface area contributed by atoms with Crippen molar-refractivity contribution in [3.05, 3.63) is 51.6 Å². The molecule has 2 aliphatic heterocycles. The van der Waals surface area contributed by atoms with E-state index < -0.39 is 0 Å². The van der Waals surface area contributed by atoms with E-state index in [4.69, 9.17) is 11.6 Å². The summed E-state index contributed by atoms with van der Waals surface area (Å²) in [5.41, 5.74) is 3.75. The van der Waals surface area contributed by atoms with Crippen LogP contribution < -0.4 is 0 Å². The molecule has 3 heterocycles. The van der Waals surface area contributed by atoms with Crippen molar-refractivity contribution in [1.29, 1.82) is 0 Å².